The minimum Gasteiger partial charge on any atom is -0.294 e. The topological polar surface area (TPSA) is 34.0 Å². The van der Waals surface area contributed by atoms with Crippen molar-refractivity contribution in [1.29, 1.82) is 0 Å². The number of aromatic nitrogens is 3. The van der Waals surface area contributed by atoms with E-state index >= 15 is 0 Å². The Balaban J connectivity index is 1.16. The molecule has 0 radical (unpaired) electrons. The molecular formula is C47H32N4. The van der Waals surface area contributed by atoms with Crippen LogP contribution in [0.5, 0.6) is 0 Å². The van der Waals surface area contributed by atoms with Gasteiger partial charge in [0.15, 0.2) is 0 Å². The summed E-state index contributed by atoms with van der Waals surface area (Å²) in [6.07, 6.45) is 1.87. The van der Waals surface area contributed by atoms with E-state index in [-0.39, 0.29) is 5.41 Å². The highest BCUT2D eigenvalue weighted by Gasteiger charge is 2.35. The summed E-state index contributed by atoms with van der Waals surface area (Å²) in [6.45, 7) is 4.65. The summed E-state index contributed by atoms with van der Waals surface area (Å²) in [6, 6.07) is 54.9. The minimum absolute atomic E-state index is 0.0353. The second-order valence-corrected chi connectivity index (χ2v) is 14.3. The monoisotopic (exact) mass is 652 g/mol. The molecule has 0 unspecified atom stereocenters. The van der Waals surface area contributed by atoms with Gasteiger partial charge in [-0.3, -0.25) is 9.47 Å². The molecule has 0 amide bonds. The van der Waals surface area contributed by atoms with Gasteiger partial charge in [0.2, 0.25) is 0 Å². The highest BCUT2D eigenvalue weighted by molar-refractivity contribution is 6.18. The Kier molecular flexibility index (Phi) is 5.70. The van der Waals surface area contributed by atoms with Gasteiger partial charge in [-0.05, 0) is 87.8 Å². The number of rotatable bonds is 3. The number of para-hydroxylation sites is 1. The van der Waals surface area contributed by atoms with Gasteiger partial charge in [0.1, 0.15) is 11.6 Å². The minimum atomic E-state index is -0.0353. The summed E-state index contributed by atoms with van der Waals surface area (Å²) < 4.78 is 2.29. The molecule has 2 aliphatic rings. The van der Waals surface area contributed by atoms with Gasteiger partial charge in [-0.1, -0.05) is 111 Å². The van der Waals surface area contributed by atoms with Gasteiger partial charge in [-0.15, -0.1) is 0 Å². The lowest BCUT2D eigenvalue weighted by molar-refractivity contribution is 0.660. The first-order valence-corrected chi connectivity index (χ1v) is 17.6. The first-order chi connectivity index (χ1) is 25.1. The third-order valence-corrected chi connectivity index (χ3v) is 11.2. The van der Waals surface area contributed by atoms with Crippen LogP contribution in [0.25, 0.3) is 71.9 Å². The molecule has 3 aromatic heterocycles. The molecule has 0 saturated heterocycles. The summed E-state index contributed by atoms with van der Waals surface area (Å²) in [4.78, 5) is 12.6. The zero-order chi connectivity index (χ0) is 33.8. The zero-order valence-electron chi connectivity index (χ0n) is 28.3. The molecule has 0 spiro atoms. The van der Waals surface area contributed by atoms with Crippen molar-refractivity contribution >= 4 is 49.8 Å². The Labute approximate surface area is 295 Å². The molecule has 0 bridgehead atoms. The van der Waals surface area contributed by atoms with E-state index in [1.54, 1.807) is 0 Å². The molecule has 9 aromatic rings. The van der Waals surface area contributed by atoms with Crippen LogP contribution < -0.4 is 4.90 Å². The third-order valence-electron chi connectivity index (χ3n) is 11.2. The van der Waals surface area contributed by atoms with Crippen molar-refractivity contribution < 1.29 is 0 Å². The number of hydrogen-bond acceptors (Lipinski definition) is 3. The summed E-state index contributed by atoms with van der Waals surface area (Å²) in [5.41, 5.74) is 14.3. The van der Waals surface area contributed by atoms with Crippen molar-refractivity contribution in [3.8, 4) is 39.3 Å². The van der Waals surface area contributed by atoms with E-state index in [9.17, 15) is 0 Å². The highest BCUT2D eigenvalue weighted by Crippen LogP contribution is 2.53. The highest BCUT2D eigenvalue weighted by atomic mass is 15.2. The van der Waals surface area contributed by atoms with Crippen LogP contribution in [-0.4, -0.2) is 14.5 Å². The molecule has 51 heavy (non-hydrogen) atoms. The van der Waals surface area contributed by atoms with Crippen molar-refractivity contribution in [2.45, 2.75) is 19.3 Å². The molecule has 4 nitrogen and oxygen atoms in total. The van der Waals surface area contributed by atoms with Crippen LogP contribution >= 0.6 is 0 Å². The molecule has 4 heterocycles. The fourth-order valence-electron chi connectivity index (χ4n) is 8.83. The lowest BCUT2D eigenvalue weighted by Crippen LogP contribution is -2.16. The molecule has 11 rings (SSSR count). The van der Waals surface area contributed by atoms with Crippen molar-refractivity contribution in [3.05, 3.63) is 169 Å². The average molecular weight is 653 g/mol. The van der Waals surface area contributed by atoms with Gasteiger partial charge < -0.3 is 0 Å². The van der Waals surface area contributed by atoms with Gasteiger partial charge in [-0.25, -0.2) is 9.97 Å². The smallest absolute Gasteiger partial charge is 0.138 e. The summed E-state index contributed by atoms with van der Waals surface area (Å²) in [5.74, 6) is 1.78. The van der Waals surface area contributed by atoms with Crippen LogP contribution in [-0.2, 0) is 5.41 Å². The lowest BCUT2D eigenvalue weighted by Gasteiger charge is -2.33. The van der Waals surface area contributed by atoms with E-state index in [1.807, 2.05) is 12.3 Å². The van der Waals surface area contributed by atoms with Crippen LogP contribution in [0, 0.1) is 0 Å². The number of nitrogens with zero attached hydrogens (tertiary/aromatic N) is 4. The van der Waals surface area contributed by atoms with Gasteiger partial charge in [0, 0.05) is 38.9 Å². The molecule has 0 N–H and O–H groups in total. The molecule has 0 atom stereocenters. The SMILES string of the molecule is CC1(C)c2ccccc2-c2cc(-c3cccc(N4c5cc6c(cc5-c5cccc7cccc4c57)c4ccccc4n6-c4ccccn4)n3)ccc21. The molecule has 6 aromatic carbocycles. The number of fused-ring (bicyclic) bond motifs is 8. The van der Waals surface area contributed by atoms with E-state index < -0.39 is 0 Å². The lowest BCUT2D eigenvalue weighted by atomic mass is 9.82. The van der Waals surface area contributed by atoms with Crippen molar-refractivity contribution in [2.24, 2.45) is 0 Å². The fourth-order valence-corrected chi connectivity index (χ4v) is 8.83. The maximum Gasteiger partial charge on any atom is 0.138 e. The molecule has 240 valence electrons. The first-order valence-electron chi connectivity index (χ1n) is 17.6. The van der Waals surface area contributed by atoms with Crippen LogP contribution in [0.3, 0.4) is 0 Å². The molecule has 0 saturated carbocycles. The van der Waals surface area contributed by atoms with Crippen molar-refractivity contribution in [3.63, 3.8) is 0 Å². The van der Waals surface area contributed by atoms with E-state index in [4.69, 9.17) is 9.97 Å². The fraction of sp³-hybridized carbons (Fsp3) is 0.0638. The first kappa shape index (κ1) is 28.3. The standard InChI is InChI=1S/C47H32N4/c1-47(2)37-17-5-3-14-31(37)34-26-30(23-24-38(34)47)39-18-11-22-45(49-39)51-41-20-10-13-29-12-9-16-33(46(29)41)36-27-35-32-15-4-6-19-40(32)50(42(35)28-43(36)51)44-21-7-8-25-48-44/h3-28H,1-2H3. The van der Waals surface area contributed by atoms with Gasteiger partial charge in [-0.2, -0.15) is 0 Å². The molecule has 1 aliphatic heterocycles. The molecule has 0 fully saturated rings. The molecular weight excluding hydrogens is 621 g/mol. The molecule has 1 aliphatic carbocycles. The van der Waals surface area contributed by atoms with Gasteiger partial charge >= 0.3 is 0 Å². The average Bonchev–Trinajstić information content (AvgIpc) is 3.62. The number of pyridine rings is 2. The van der Waals surface area contributed by atoms with Crippen molar-refractivity contribution in [2.75, 3.05) is 4.90 Å². The maximum atomic E-state index is 5.45. The van der Waals surface area contributed by atoms with E-state index in [0.717, 1.165) is 45.3 Å². The Hall–Kier alpha value is -6.52. The van der Waals surface area contributed by atoms with Gasteiger partial charge in [0.25, 0.3) is 0 Å². The number of benzene rings is 6. The Morgan fingerprint density at radius 1 is 0.510 bits per heavy atom. The second-order valence-electron chi connectivity index (χ2n) is 14.3. The second kappa shape index (κ2) is 10.3. The Morgan fingerprint density at radius 3 is 2.18 bits per heavy atom. The van der Waals surface area contributed by atoms with Crippen LogP contribution in [0.2, 0.25) is 0 Å². The van der Waals surface area contributed by atoms with Crippen LogP contribution in [0.4, 0.5) is 17.2 Å². The Bertz CT molecular complexity index is 2890. The summed E-state index contributed by atoms with van der Waals surface area (Å²) >= 11 is 0. The summed E-state index contributed by atoms with van der Waals surface area (Å²) in [7, 11) is 0. The van der Waals surface area contributed by atoms with Crippen molar-refractivity contribution in [1.82, 2.24) is 14.5 Å². The van der Waals surface area contributed by atoms with E-state index in [1.165, 1.54) is 54.9 Å². The zero-order valence-corrected chi connectivity index (χ0v) is 28.3. The number of anilines is 3. The summed E-state index contributed by atoms with van der Waals surface area (Å²) in [5, 5.41) is 4.87. The van der Waals surface area contributed by atoms with E-state index in [2.05, 4.69) is 169 Å². The number of hydrogen-bond donors (Lipinski definition) is 0. The maximum absolute atomic E-state index is 5.45. The van der Waals surface area contributed by atoms with E-state index in [0.29, 0.717) is 0 Å². The Morgan fingerprint density at radius 2 is 1.27 bits per heavy atom. The third kappa shape index (κ3) is 3.90. The quantitative estimate of drug-likeness (QED) is 0.190. The predicted molar refractivity (Wildman–Crippen MR) is 211 cm³/mol. The molecule has 4 heteroatoms. The predicted octanol–water partition coefficient (Wildman–Crippen LogP) is 12.2. The van der Waals surface area contributed by atoms with Crippen LogP contribution in [0.15, 0.2) is 158 Å². The normalized spacial score (nSPS) is 13.8. The van der Waals surface area contributed by atoms with Crippen LogP contribution in [0.1, 0.15) is 25.0 Å². The van der Waals surface area contributed by atoms with Gasteiger partial charge in [0.05, 0.1) is 28.1 Å². The largest absolute Gasteiger partial charge is 0.294 e.